The summed E-state index contributed by atoms with van der Waals surface area (Å²) in [4.78, 5) is 12.4. The summed E-state index contributed by atoms with van der Waals surface area (Å²) in [5.41, 5.74) is 0.837. The maximum Gasteiger partial charge on any atom is 0.272 e. The van der Waals surface area contributed by atoms with E-state index in [2.05, 4.69) is 5.10 Å². The zero-order chi connectivity index (χ0) is 17.5. The highest BCUT2D eigenvalue weighted by Gasteiger charge is 2.36. The molecule has 0 spiro atoms. The molecule has 3 rings (SSSR count). The maximum absolute atomic E-state index is 10.9. The number of non-ortho nitro benzene ring substituents is 1. The van der Waals surface area contributed by atoms with Crippen molar-refractivity contribution in [2.24, 2.45) is 7.05 Å². The topological polar surface area (TPSA) is 73.4 Å². The van der Waals surface area contributed by atoms with Gasteiger partial charge in [0, 0.05) is 37.5 Å². The molecule has 128 valence electrons. The molecule has 2 heterocycles. The molecule has 9 heteroatoms. The second kappa shape index (κ2) is 6.23. The standard InChI is InChI=1S/C15H16Cl2N4O3/c1-15(10-7-18-19(2)8-10)9-20(3-4-24-15)14-12(16)5-11(21(22)23)6-13(14)17/h5-8H,3-4,9H2,1-2H3. The van der Waals surface area contributed by atoms with Gasteiger partial charge in [-0.25, -0.2) is 0 Å². The Hall–Kier alpha value is -1.83. The quantitative estimate of drug-likeness (QED) is 0.611. The molecule has 1 fully saturated rings. The highest BCUT2D eigenvalue weighted by Crippen LogP contribution is 2.40. The van der Waals surface area contributed by atoms with E-state index in [4.69, 9.17) is 27.9 Å². The molecule has 1 atom stereocenters. The van der Waals surface area contributed by atoms with Gasteiger partial charge in [-0.3, -0.25) is 14.8 Å². The van der Waals surface area contributed by atoms with Crippen LogP contribution < -0.4 is 4.90 Å². The van der Waals surface area contributed by atoms with E-state index in [1.807, 2.05) is 25.1 Å². The lowest BCUT2D eigenvalue weighted by Crippen LogP contribution is -2.48. The molecule has 1 aromatic carbocycles. The monoisotopic (exact) mass is 370 g/mol. The van der Waals surface area contributed by atoms with Gasteiger partial charge in [-0.1, -0.05) is 23.2 Å². The van der Waals surface area contributed by atoms with Crippen molar-refractivity contribution in [3.05, 3.63) is 50.2 Å². The van der Waals surface area contributed by atoms with Crippen LogP contribution in [0.3, 0.4) is 0 Å². The number of nitrogens with zero attached hydrogens (tertiary/aromatic N) is 4. The molecule has 1 aliphatic rings. The van der Waals surface area contributed by atoms with Crippen LogP contribution in [0.15, 0.2) is 24.5 Å². The van der Waals surface area contributed by atoms with E-state index in [0.29, 0.717) is 25.4 Å². The van der Waals surface area contributed by atoms with Crippen LogP contribution in [0.1, 0.15) is 12.5 Å². The van der Waals surface area contributed by atoms with Crippen LogP contribution in [-0.2, 0) is 17.4 Å². The first-order valence-electron chi connectivity index (χ1n) is 7.31. The van der Waals surface area contributed by atoms with Gasteiger partial charge in [0.2, 0.25) is 0 Å². The fourth-order valence-corrected chi connectivity index (χ4v) is 3.60. The van der Waals surface area contributed by atoms with Gasteiger partial charge in [0.1, 0.15) is 5.60 Å². The molecule has 1 aromatic heterocycles. The summed E-state index contributed by atoms with van der Waals surface area (Å²) in [6, 6.07) is 2.64. The normalized spacial score (nSPS) is 21.1. The number of aromatic nitrogens is 2. The Morgan fingerprint density at radius 2 is 2.04 bits per heavy atom. The van der Waals surface area contributed by atoms with Crippen LogP contribution in [0.4, 0.5) is 11.4 Å². The van der Waals surface area contributed by atoms with E-state index in [1.165, 1.54) is 12.1 Å². The third-order valence-electron chi connectivity index (χ3n) is 4.12. The molecule has 0 amide bonds. The third-order valence-corrected chi connectivity index (χ3v) is 4.69. The highest BCUT2D eigenvalue weighted by molar-refractivity contribution is 6.39. The molecule has 24 heavy (non-hydrogen) atoms. The lowest BCUT2D eigenvalue weighted by atomic mass is 9.96. The fraction of sp³-hybridized carbons (Fsp3) is 0.400. The van der Waals surface area contributed by atoms with Crippen molar-refractivity contribution in [2.75, 3.05) is 24.6 Å². The first-order chi connectivity index (χ1) is 11.3. The maximum atomic E-state index is 10.9. The van der Waals surface area contributed by atoms with Gasteiger partial charge in [-0.2, -0.15) is 5.10 Å². The van der Waals surface area contributed by atoms with Crippen LogP contribution in [0.5, 0.6) is 0 Å². The van der Waals surface area contributed by atoms with Gasteiger partial charge in [0.05, 0.1) is 40.0 Å². The van der Waals surface area contributed by atoms with Crippen molar-refractivity contribution >= 4 is 34.6 Å². The molecule has 7 nitrogen and oxygen atoms in total. The van der Waals surface area contributed by atoms with E-state index in [1.54, 1.807) is 10.9 Å². The average Bonchev–Trinajstić information content (AvgIpc) is 2.94. The third kappa shape index (κ3) is 3.07. The second-order valence-corrected chi connectivity index (χ2v) is 6.73. The Morgan fingerprint density at radius 3 is 2.58 bits per heavy atom. The number of anilines is 1. The number of nitro benzene ring substituents is 1. The van der Waals surface area contributed by atoms with Crippen LogP contribution in [-0.4, -0.2) is 34.4 Å². The summed E-state index contributed by atoms with van der Waals surface area (Å²) in [6.07, 6.45) is 3.67. The van der Waals surface area contributed by atoms with E-state index in [9.17, 15) is 10.1 Å². The van der Waals surface area contributed by atoms with Gasteiger partial charge < -0.3 is 9.64 Å². The van der Waals surface area contributed by atoms with Crippen molar-refractivity contribution in [3.63, 3.8) is 0 Å². The van der Waals surface area contributed by atoms with Crippen LogP contribution >= 0.6 is 23.2 Å². The number of hydrogen-bond donors (Lipinski definition) is 0. The molecule has 1 unspecified atom stereocenters. The van der Waals surface area contributed by atoms with Gasteiger partial charge in [0.25, 0.3) is 5.69 Å². The summed E-state index contributed by atoms with van der Waals surface area (Å²) < 4.78 is 7.69. The summed E-state index contributed by atoms with van der Waals surface area (Å²) in [7, 11) is 1.84. The summed E-state index contributed by atoms with van der Waals surface area (Å²) in [5.74, 6) is 0. The van der Waals surface area contributed by atoms with E-state index in [0.717, 1.165) is 5.56 Å². The van der Waals surface area contributed by atoms with Gasteiger partial charge in [-0.15, -0.1) is 0 Å². The number of rotatable bonds is 3. The molecule has 1 aliphatic heterocycles. The predicted molar refractivity (Wildman–Crippen MR) is 91.8 cm³/mol. The van der Waals surface area contributed by atoms with Crippen LogP contribution in [0.2, 0.25) is 10.0 Å². The SMILES string of the molecule is Cn1cc(C2(C)CN(c3c(Cl)cc([N+](=O)[O-])cc3Cl)CCO2)cn1. The smallest absolute Gasteiger partial charge is 0.272 e. The number of halogens is 2. The molecule has 0 bridgehead atoms. The number of ether oxygens (including phenoxy) is 1. The minimum Gasteiger partial charge on any atom is -0.367 e. The predicted octanol–water partition coefficient (Wildman–Crippen LogP) is 3.39. The van der Waals surface area contributed by atoms with Crippen LogP contribution in [0.25, 0.3) is 0 Å². The number of benzene rings is 1. The van der Waals surface area contributed by atoms with E-state index < -0.39 is 10.5 Å². The second-order valence-electron chi connectivity index (χ2n) is 5.92. The lowest BCUT2D eigenvalue weighted by molar-refractivity contribution is -0.384. The average molecular weight is 371 g/mol. The Balaban J connectivity index is 1.94. The molecule has 1 saturated heterocycles. The molecule has 0 N–H and O–H groups in total. The molecular formula is C15H16Cl2N4O3. The van der Waals surface area contributed by atoms with Crippen LogP contribution in [0, 0.1) is 10.1 Å². The van der Waals surface area contributed by atoms with Gasteiger partial charge in [0.15, 0.2) is 0 Å². The van der Waals surface area contributed by atoms with Crippen molar-refractivity contribution < 1.29 is 9.66 Å². The van der Waals surface area contributed by atoms with Crippen molar-refractivity contribution in [3.8, 4) is 0 Å². The molecule has 0 radical (unpaired) electrons. The van der Waals surface area contributed by atoms with E-state index in [-0.39, 0.29) is 15.7 Å². The summed E-state index contributed by atoms with van der Waals surface area (Å²) in [5, 5.41) is 15.6. The first-order valence-corrected chi connectivity index (χ1v) is 8.07. The lowest BCUT2D eigenvalue weighted by Gasteiger charge is -2.41. The van der Waals surface area contributed by atoms with E-state index >= 15 is 0 Å². The zero-order valence-electron chi connectivity index (χ0n) is 13.2. The summed E-state index contributed by atoms with van der Waals surface area (Å²) in [6.45, 7) is 3.56. The number of nitro groups is 1. The van der Waals surface area contributed by atoms with Crippen molar-refractivity contribution in [1.29, 1.82) is 0 Å². The Kier molecular flexibility index (Phi) is 4.42. The Labute approximate surface area is 148 Å². The molecule has 0 saturated carbocycles. The molecule has 2 aromatic rings. The Morgan fingerprint density at radius 1 is 1.38 bits per heavy atom. The van der Waals surface area contributed by atoms with Gasteiger partial charge >= 0.3 is 0 Å². The minimum atomic E-state index is -0.569. The van der Waals surface area contributed by atoms with Crippen molar-refractivity contribution in [2.45, 2.75) is 12.5 Å². The zero-order valence-corrected chi connectivity index (χ0v) is 14.7. The first kappa shape index (κ1) is 17.0. The van der Waals surface area contributed by atoms with Gasteiger partial charge in [-0.05, 0) is 6.92 Å². The number of morpholine rings is 1. The fourth-order valence-electron chi connectivity index (χ4n) is 2.89. The Bertz CT molecular complexity index is 772. The highest BCUT2D eigenvalue weighted by atomic mass is 35.5. The summed E-state index contributed by atoms with van der Waals surface area (Å²) >= 11 is 12.5. The largest absolute Gasteiger partial charge is 0.367 e. The number of aryl methyl sites for hydroxylation is 1. The van der Waals surface area contributed by atoms with Crippen molar-refractivity contribution in [1.82, 2.24) is 9.78 Å². The molecule has 0 aliphatic carbocycles. The minimum absolute atomic E-state index is 0.128. The number of hydrogen-bond acceptors (Lipinski definition) is 5. The molecular weight excluding hydrogens is 355 g/mol.